The van der Waals surface area contributed by atoms with Crippen molar-refractivity contribution < 1.29 is 36.6 Å². The number of rotatable bonds is 3. The molecule has 0 aliphatic carbocycles. The fraction of sp³-hybridized carbons (Fsp3) is 0.429. The lowest BCUT2D eigenvalue weighted by Crippen LogP contribution is -2.47. The Balaban J connectivity index is 2.26. The molecule has 2 rings (SSSR count). The second-order valence-electron chi connectivity index (χ2n) is 5.29. The van der Waals surface area contributed by atoms with Crippen LogP contribution in [0.5, 0.6) is 0 Å². The van der Waals surface area contributed by atoms with Crippen LogP contribution in [0, 0.1) is 5.41 Å². The maximum atomic E-state index is 13.1. The Hall–Kier alpha value is -2.19. The van der Waals surface area contributed by atoms with Gasteiger partial charge in [0.1, 0.15) is 0 Å². The second-order valence-corrected chi connectivity index (χ2v) is 5.29. The molecule has 23 heavy (non-hydrogen) atoms. The smallest absolute Gasteiger partial charge is 0.406 e. The number of nitrogens with zero attached hydrogens (tertiary/aromatic N) is 1. The van der Waals surface area contributed by atoms with Gasteiger partial charge in [-0.1, -0.05) is 12.1 Å². The number of carboxylic acid groups (broad SMARTS) is 1. The zero-order valence-electron chi connectivity index (χ0n) is 11.6. The number of aliphatic carboxylic acids is 1. The summed E-state index contributed by atoms with van der Waals surface area (Å²) >= 11 is 0. The van der Waals surface area contributed by atoms with Crippen molar-refractivity contribution in [1.82, 2.24) is 4.90 Å². The van der Waals surface area contributed by atoms with Gasteiger partial charge in [0.2, 0.25) is 0 Å². The third kappa shape index (κ3) is 2.99. The monoisotopic (exact) mass is 337 g/mol. The van der Waals surface area contributed by atoms with E-state index in [2.05, 4.69) is 0 Å². The highest BCUT2D eigenvalue weighted by molar-refractivity contribution is 5.95. The summed E-state index contributed by atoms with van der Waals surface area (Å²) in [5, 5.41) is 8.93. The molecule has 4 nitrogen and oxygen atoms in total. The van der Waals surface area contributed by atoms with E-state index >= 15 is 0 Å². The van der Waals surface area contributed by atoms with Gasteiger partial charge >= 0.3 is 12.1 Å². The molecule has 1 aromatic rings. The number of hydrogen-bond donors (Lipinski definition) is 1. The summed E-state index contributed by atoms with van der Waals surface area (Å²) in [5.74, 6) is -2.96. The van der Waals surface area contributed by atoms with Crippen LogP contribution in [-0.2, 0) is 4.79 Å². The predicted molar refractivity (Wildman–Crippen MR) is 68.0 cm³/mol. The lowest BCUT2D eigenvalue weighted by molar-refractivity contribution is -0.227. The standard InChI is InChI=1S/C14H12F5NO3/c15-10(16)8-2-1-3-9(6-8)11(21)20-5-4-13(7-20,12(22)23)14(17,18)19/h1-3,6,10H,4-5,7H2,(H,22,23). The minimum atomic E-state index is -5.02. The molecule has 0 aromatic heterocycles. The van der Waals surface area contributed by atoms with Crippen molar-refractivity contribution >= 4 is 11.9 Å². The summed E-state index contributed by atoms with van der Waals surface area (Å²) in [6.07, 6.45) is -8.61. The van der Waals surface area contributed by atoms with Crippen LogP contribution in [-0.4, -0.2) is 41.1 Å². The molecule has 1 N–H and O–H groups in total. The highest BCUT2D eigenvalue weighted by Gasteiger charge is 2.64. The van der Waals surface area contributed by atoms with E-state index in [0.717, 1.165) is 17.0 Å². The summed E-state index contributed by atoms with van der Waals surface area (Å²) in [6.45, 7) is -1.45. The van der Waals surface area contributed by atoms with E-state index < -0.39 is 55.0 Å². The van der Waals surface area contributed by atoms with Crippen LogP contribution in [0.4, 0.5) is 22.0 Å². The molecular weight excluding hydrogens is 325 g/mol. The molecule has 1 amide bonds. The number of hydrogen-bond acceptors (Lipinski definition) is 2. The van der Waals surface area contributed by atoms with E-state index in [9.17, 15) is 31.5 Å². The van der Waals surface area contributed by atoms with Crippen LogP contribution < -0.4 is 0 Å². The lowest BCUT2D eigenvalue weighted by Gasteiger charge is -2.27. The number of carbonyl (C=O) groups is 2. The van der Waals surface area contributed by atoms with Crippen LogP contribution in [0.3, 0.4) is 0 Å². The van der Waals surface area contributed by atoms with Crippen LogP contribution in [0.2, 0.25) is 0 Å². The van der Waals surface area contributed by atoms with Crippen LogP contribution >= 0.6 is 0 Å². The van der Waals surface area contributed by atoms with Crippen LogP contribution in [0.25, 0.3) is 0 Å². The Morgan fingerprint density at radius 2 is 1.91 bits per heavy atom. The van der Waals surface area contributed by atoms with Crippen molar-refractivity contribution in [2.45, 2.75) is 19.0 Å². The number of carbonyl (C=O) groups excluding carboxylic acids is 1. The van der Waals surface area contributed by atoms with Gasteiger partial charge < -0.3 is 10.0 Å². The average Bonchev–Trinajstić information content (AvgIpc) is 2.93. The quantitative estimate of drug-likeness (QED) is 0.863. The van der Waals surface area contributed by atoms with Crippen molar-refractivity contribution in [3.8, 4) is 0 Å². The molecule has 0 spiro atoms. The number of carboxylic acids is 1. The molecule has 0 saturated carbocycles. The summed E-state index contributed by atoms with van der Waals surface area (Å²) < 4.78 is 64.4. The minimum absolute atomic E-state index is 0.203. The first-order chi connectivity index (χ1) is 10.6. The zero-order valence-corrected chi connectivity index (χ0v) is 11.6. The molecule has 1 atom stereocenters. The summed E-state index contributed by atoms with van der Waals surface area (Å²) in [6, 6.07) is 4.37. The molecular formula is C14H12F5NO3. The lowest BCUT2D eigenvalue weighted by atomic mass is 9.86. The van der Waals surface area contributed by atoms with E-state index in [-0.39, 0.29) is 5.56 Å². The number of amides is 1. The van der Waals surface area contributed by atoms with Gasteiger partial charge in [0.05, 0.1) is 0 Å². The molecule has 126 valence electrons. The Bertz CT molecular complexity index is 631. The largest absolute Gasteiger partial charge is 0.481 e. The van der Waals surface area contributed by atoms with Gasteiger partial charge in [-0.2, -0.15) is 13.2 Å². The first kappa shape index (κ1) is 17.2. The highest BCUT2D eigenvalue weighted by atomic mass is 19.4. The highest BCUT2D eigenvalue weighted by Crippen LogP contribution is 2.46. The SMILES string of the molecule is O=C(c1cccc(C(F)F)c1)N1CCC(C(=O)O)(C(F)(F)F)C1. The fourth-order valence-corrected chi connectivity index (χ4v) is 2.50. The van der Waals surface area contributed by atoms with Crippen molar-refractivity contribution in [2.24, 2.45) is 5.41 Å². The summed E-state index contributed by atoms with van der Waals surface area (Å²) in [7, 11) is 0. The first-order valence-corrected chi connectivity index (χ1v) is 6.56. The number of halogens is 5. The number of benzene rings is 1. The van der Waals surface area contributed by atoms with Gasteiger partial charge in [0, 0.05) is 24.2 Å². The molecule has 1 aliphatic rings. The minimum Gasteiger partial charge on any atom is -0.481 e. The van der Waals surface area contributed by atoms with Crippen molar-refractivity contribution in [3.05, 3.63) is 35.4 Å². The van der Waals surface area contributed by atoms with Gasteiger partial charge in [-0.3, -0.25) is 9.59 Å². The van der Waals surface area contributed by atoms with E-state index in [1.807, 2.05) is 0 Å². The summed E-state index contributed by atoms with van der Waals surface area (Å²) in [4.78, 5) is 24.0. The zero-order chi connectivity index (χ0) is 17.4. The normalized spacial score (nSPS) is 21.7. The fourth-order valence-electron chi connectivity index (χ4n) is 2.50. The Kier molecular flexibility index (Phi) is 4.32. The number of alkyl halides is 5. The molecule has 0 bridgehead atoms. The average molecular weight is 337 g/mol. The number of likely N-dealkylation sites (tertiary alicyclic amines) is 1. The Morgan fingerprint density at radius 1 is 1.26 bits per heavy atom. The molecule has 9 heteroatoms. The van der Waals surface area contributed by atoms with Gasteiger partial charge in [-0.05, 0) is 18.6 Å². The van der Waals surface area contributed by atoms with Crippen LogP contribution in [0.15, 0.2) is 24.3 Å². The molecule has 1 heterocycles. The molecule has 1 fully saturated rings. The Labute approximate surface area is 127 Å². The summed E-state index contributed by atoms with van der Waals surface area (Å²) in [5.41, 5.74) is -3.66. The van der Waals surface area contributed by atoms with Crippen molar-refractivity contribution in [3.63, 3.8) is 0 Å². The third-order valence-electron chi connectivity index (χ3n) is 3.89. The molecule has 1 aliphatic heterocycles. The van der Waals surface area contributed by atoms with E-state index in [1.54, 1.807) is 0 Å². The second kappa shape index (κ2) is 5.78. The topological polar surface area (TPSA) is 57.6 Å². The van der Waals surface area contributed by atoms with Gasteiger partial charge in [-0.15, -0.1) is 0 Å². The van der Waals surface area contributed by atoms with Crippen molar-refractivity contribution in [1.29, 1.82) is 0 Å². The predicted octanol–water partition coefficient (Wildman–Crippen LogP) is 3.10. The molecule has 1 saturated heterocycles. The van der Waals surface area contributed by atoms with Gasteiger partial charge in [0.25, 0.3) is 12.3 Å². The molecule has 1 unspecified atom stereocenters. The van der Waals surface area contributed by atoms with Gasteiger partial charge in [-0.25, -0.2) is 8.78 Å². The molecule has 0 radical (unpaired) electrons. The Morgan fingerprint density at radius 3 is 2.39 bits per heavy atom. The van der Waals surface area contributed by atoms with E-state index in [4.69, 9.17) is 5.11 Å². The third-order valence-corrected chi connectivity index (χ3v) is 3.89. The van der Waals surface area contributed by atoms with E-state index in [1.165, 1.54) is 12.1 Å². The van der Waals surface area contributed by atoms with Crippen molar-refractivity contribution in [2.75, 3.05) is 13.1 Å². The van der Waals surface area contributed by atoms with Gasteiger partial charge in [0.15, 0.2) is 5.41 Å². The molecule has 1 aromatic carbocycles. The maximum Gasteiger partial charge on any atom is 0.406 e. The van der Waals surface area contributed by atoms with Crippen LogP contribution in [0.1, 0.15) is 28.8 Å². The maximum absolute atomic E-state index is 13.1. The first-order valence-electron chi connectivity index (χ1n) is 6.56. The van der Waals surface area contributed by atoms with E-state index in [0.29, 0.717) is 0 Å².